The van der Waals surface area contributed by atoms with Crippen molar-refractivity contribution in [3.05, 3.63) is 69.2 Å². The molecule has 0 radical (unpaired) electrons. The number of fused-ring (bicyclic) bond motifs is 1. The fourth-order valence-electron chi connectivity index (χ4n) is 2.97. The lowest BCUT2D eigenvalue weighted by molar-refractivity contribution is 0.0653. The highest BCUT2D eigenvalue weighted by Crippen LogP contribution is 2.25. The van der Waals surface area contributed by atoms with Crippen LogP contribution in [0.3, 0.4) is 0 Å². The lowest BCUT2D eigenvalue weighted by Crippen LogP contribution is -2.37. The first-order chi connectivity index (χ1) is 13.0. The van der Waals surface area contributed by atoms with Gasteiger partial charge in [-0.3, -0.25) is 14.5 Å². The van der Waals surface area contributed by atoms with E-state index in [0.717, 1.165) is 15.6 Å². The number of nitrogens with one attached hydrogen (secondary N) is 2. The van der Waals surface area contributed by atoms with Crippen LogP contribution in [0.5, 0.6) is 0 Å². The maximum atomic E-state index is 12.4. The molecule has 0 saturated carbocycles. The number of halogens is 1. The van der Waals surface area contributed by atoms with Crippen LogP contribution >= 0.6 is 15.9 Å². The van der Waals surface area contributed by atoms with Crippen molar-refractivity contribution in [2.75, 3.05) is 13.1 Å². The lowest BCUT2D eigenvalue weighted by atomic mass is 10.1. The Bertz CT molecular complexity index is 898. The van der Waals surface area contributed by atoms with Crippen molar-refractivity contribution >= 4 is 33.8 Å². The maximum Gasteiger partial charge on any atom is 0.315 e. The summed E-state index contributed by atoms with van der Waals surface area (Å²) in [6.45, 7) is 3.08. The van der Waals surface area contributed by atoms with E-state index < -0.39 is 0 Å². The van der Waals surface area contributed by atoms with Gasteiger partial charge in [0.15, 0.2) is 0 Å². The van der Waals surface area contributed by atoms with Crippen LogP contribution in [0.25, 0.3) is 0 Å². The number of hydrogen-bond acceptors (Lipinski definition) is 3. The maximum absolute atomic E-state index is 12.4. The summed E-state index contributed by atoms with van der Waals surface area (Å²) in [5, 5.41) is 5.53. The third kappa shape index (κ3) is 4.54. The van der Waals surface area contributed by atoms with E-state index in [2.05, 4.69) is 26.6 Å². The predicted octanol–water partition coefficient (Wildman–Crippen LogP) is 3.24. The normalized spacial score (nSPS) is 12.9. The van der Waals surface area contributed by atoms with Gasteiger partial charge in [-0.25, -0.2) is 4.79 Å². The second-order valence-corrected chi connectivity index (χ2v) is 7.32. The van der Waals surface area contributed by atoms with Gasteiger partial charge in [0.2, 0.25) is 0 Å². The van der Waals surface area contributed by atoms with Crippen molar-refractivity contribution in [2.24, 2.45) is 0 Å². The molecule has 27 heavy (non-hydrogen) atoms. The van der Waals surface area contributed by atoms with Gasteiger partial charge in [-0.1, -0.05) is 45.8 Å². The Labute approximate surface area is 166 Å². The quantitative estimate of drug-likeness (QED) is 0.546. The van der Waals surface area contributed by atoms with Crippen LogP contribution in [0.2, 0.25) is 0 Å². The van der Waals surface area contributed by atoms with Crippen LogP contribution in [-0.4, -0.2) is 35.8 Å². The summed E-state index contributed by atoms with van der Waals surface area (Å²) in [7, 11) is 0. The Morgan fingerprint density at radius 2 is 1.81 bits per heavy atom. The summed E-state index contributed by atoms with van der Waals surface area (Å²) < 4.78 is 0.760. The van der Waals surface area contributed by atoms with E-state index in [4.69, 9.17) is 0 Å². The predicted molar refractivity (Wildman–Crippen MR) is 106 cm³/mol. The average Bonchev–Trinajstić information content (AvgIpc) is 2.87. The number of urea groups is 1. The smallest absolute Gasteiger partial charge is 0.315 e. The highest BCUT2D eigenvalue weighted by Gasteiger charge is 2.34. The third-order valence-electron chi connectivity index (χ3n) is 4.31. The summed E-state index contributed by atoms with van der Waals surface area (Å²) in [4.78, 5) is 37.8. The van der Waals surface area contributed by atoms with Crippen LogP contribution in [0.15, 0.2) is 46.9 Å². The number of amides is 4. The Kier molecular flexibility index (Phi) is 5.91. The highest BCUT2D eigenvalue weighted by molar-refractivity contribution is 9.10. The first kappa shape index (κ1) is 19.1. The van der Waals surface area contributed by atoms with Crippen molar-refractivity contribution in [2.45, 2.75) is 19.9 Å². The SMILES string of the molecule is Cc1cccc(CNC(=O)NCCCN2C(=O)c3ccc(Br)cc3C2=O)c1. The number of imide groups is 1. The zero-order chi connectivity index (χ0) is 19.4. The molecule has 0 atom stereocenters. The highest BCUT2D eigenvalue weighted by atomic mass is 79.9. The molecule has 0 spiro atoms. The van der Waals surface area contributed by atoms with Gasteiger partial charge < -0.3 is 10.6 Å². The van der Waals surface area contributed by atoms with Crippen molar-refractivity contribution in [3.8, 4) is 0 Å². The minimum absolute atomic E-state index is 0.266. The number of rotatable bonds is 6. The Balaban J connectivity index is 1.42. The third-order valence-corrected chi connectivity index (χ3v) is 4.81. The molecule has 0 saturated heterocycles. The van der Waals surface area contributed by atoms with Gasteiger partial charge in [0.1, 0.15) is 0 Å². The first-order valence-electron chi connectivity index (χ1n) is 8.68. The van der Waals surface area contributed by atoms with Crippen molar-refractivity contribution in [3.63, 3.8) is 0 Å². The van der Waals surface area contributed by atoms with Gasteiger partial charge in [0.05, 0.1) is 11.1 Å². The van der Waals surface area contributed by atoms with Gasteiger partial charge in [0.25, 0.3) is 11.8 Å². The van der Waals surface area contributed by atoms with Gasteiger partial charge in [-0.15, -0.1) is 0 Å². The molecule has 0 aromatic heterocycles. The number of hydrogen-bond donors (Lipinski definition) is 2. The fourth-order valence-corrected chi connectivity index (χ4v) is 3.33. The number of carbonyl (C=O) groups is 3. The topological polar surface area (TPSA) is 78.5 Å². The summed E-state index contributed by atoms with van der Waals surface area (Å²) in [6.07, 6.45) is 0.491. The number of nitrogens with zero attached hydrogens (tertiary/aromatic N) is 1. The van der Waals surface area contributed by atoms with E-state index >= 15 is 0 Å². The molecular weight excluding hydrogens is 410 g/mol. The second-order valence-electron chi connectivity index (χ2n) is 6.40. The largest absolute Gasteiger partial charge is 0.338 e. The Morgan fingerprint density at radius 3 is 2.59 bits per heavy atom. The molecule has 7 heteroatoms. The van der Waals surface area contributed by atoms with Crippen LogP contribution in [0.1, 0.15) is 38.3 Å². The zero-order valence-corrected chi connectivity index (χ0v) is 16.5. The van der Waals surface area contributed by atoms with Crippen LogP contribution in [-0.2, 0) is 6.54 Å². The molecular formula is C20H20BrN3O3. The van der Waals surface area contributed by atoms with Crippen LogP contribution < -0.4 is 10.6 Å². The molecule has 1 heterocycles. The van der Waals surface area contributed by atoms with Crippen LogP contribution in [0, 0.1) is 6.92 Å². The molecule has 0 unspecified atom stereocenters. The summed E-state index contributed by atoms with van der Waals surface area (Å²) in [6, 6.07) is 12.7. The summed E-state index contributed by atoms with van der Waals surface area (Å²) >= 11 is 3.31. The first-order valence-corrected chi connectivity index (χ1v) is 9.48. The minimum Gasteiger partial charge on any atom is -0.338 e. The standard InChI is InChI=1S/C20H20BrN3O3/c1-13-4-2-5-14(10-13)12-23-20(27)22-8-3-9-24-18(25)16-7-6-15(21)11-17(16)19(24)26/h2,4-7,10-11H,3,8-9,12H2,1H3,(H2,22,23,27). The van der Waals surface area contributed by atoms with Crippen LogP contribution in [0.4, 0.5) is 4.79 Å². The Morgan fingerprint density at radius 1 is 1.04 bits per heavy atom. The van der Waals surface area contributed by atoms with E-state index in [1.54, 1.807) is 18.2 Å². The molecule has 1 aliphatic heterocycles. The molecule has 2 N–H and O–H groups in total. The van der Waals surface area contributed by atoms with Crippen molar-refractivity contribution in [1.29, 1.82) is 0 Å². The number of aryl methyl sites for hydroxylation is 1. The van der Waals surface area contributed by atoms with Gasteiger partial charge in [0, 0.05) is 24.1 Å². The summed E-state index contributed by atoms with van der Waals surface area (Å²) in [5.41, 5.74) is 3.01. The number of benzene rings is 2. The zero-order valence-electron chi connectivity index (χ0n) is 14.9. The van der Waals surface area contributed by atoms with Gasteiger partial charge >= 0.3 is 6.03 Å². The van der Waals surface area contributed by atoms with E-state index in [-0.39, 0.29) is 24.4 Å². The molecule has 2 aromatic carbocycles. The minimum atomic E-state index is -0.291. The molecule has 0 bridgehead atoms. The molecule has 1 aliphatic rings. The van der Waals surface area contributed by atoms with Crippen molar-refractivity contribution in [1.82, 2.24) is 15.5 Å². The monoisotopic (exact) mass is 429 g/mol. The van der Waals surface area contributed by atoms with E-state index in [0.29, 0.717) is 30.6 Å². The average molecular weight is 430 g/mol. The molecule has 4 amide bonds. The number of carbonyl (C=O) groups excluding carboxylic acids is 3. The second kappa shape index (κ2) is 8.35. The molecule has 140 valence electrons. The van der Waals surface area contributed by atoms with Crippen molar-refractivity contribution < 1.29 is 14.4 Å². The van der Waals surface area contributed by atoms with E-state index in [1.807, 2.05) is 31.2 Å². The molecule has 3 rings (SSSR count). The van der Waals surface area contributed by atoms with Gasteiger partial charge in [-0.05, 0) is 37.1 Å². The fraction of sp³-hybridized carbons (Fsp3) is 0.250. The molecule has 2 aromatic rings. The molecule has 6 nitrogen and oxygen atoms in total. The van der Waals surface area contributed by atoms with E-state index in [9.17, 15) is 14.4 Å². The Hall–Kier alpha value is -2.67. The summed E-state index contributed by atoms with van der Waals surface area (Å²) in [5.74, 6) is -0.577. The van der Waals surface area contributed by atoms with Gasteiger partial charge in [-0.2, -0.15) is 0 Å². The molecule has 0 aliphatic carbocycles. The molecule has 0 fully saturated rings. The lowest BCUT2D eigenvalue weighted by Gasteiger charge is -2.14. The van der Waals surface area contributed by atoms with E-state index in [1.165, 1.54) is 4.90 Å².